The standard InChI is InChI=1S/C23H20FN5O3/c1-28-22(16-4-7-18(24)8-5-16)17(12-26-28)6-11-20(30)27-19-9-2-15(3-10-19)14-29-21(31)13-25-23(29)32/h2-12H,13-14H2,1H3,(H,25,32)(H,27,30)/b11-6+. The predicted molar refractivity (Wildman–Crippen MR) is 117 cm³/mol. The Hall–Kier alpha value is -4.27. The molecule has 1 saturated heterocycles. The molecule has 2 aromatic carbocycles. The molecule has 1 aliphatic rings. The lowest BCUT2D eigenvalue weighted by atomic mass is 10.1. The van der Waals surface area contributed by atoms with Crippen LogP contribution in [0.1, 0.15) is 11.1 Å². The molecule has 3 aromatic rings. The first-order valence-corrected chi connectivity index (χ1v) is 9.85. The van der Waals surface area contributed by atoms with E-state index in [9.17, 15) is 18.8 Å². The summed E-state index contributed by atoms with van der Waals surface area (Å²) in [7, 11) is 1.77. The van der Waals surface area contributed by atoms with Crippen molar-refractivity contribution in [2.45, 2.75) is 6.54 Å². The van der Waals surface area contributed by atoms with Crippen LogP contribution in [0.2, 0.25) is 0 Å². The summed E-state index contributed by atoms with van der Waals surface area (Å²) >= 11 is 0. The molecule has 8 nitrogen and oxygen atoms in total. The van der Waals surface area contributed by atoms with Gasteiger partial charge in [0.25, 0.3) is 0 Å². The van der Waals surface area contributed by atoms with Crippen molar-refractivity contribution in [3.05, 3.63) is 77.7 Å². The molecule has 4 amide bonds. The highest BCUT2D eigenvalue weighted by Crippen LogP contribution is 2.24. The maximum atomic E-state index is 13.2. The number of aromatic nitrogens is 2. The lowest BCUT2D eigenvalue weighted by Crippen LogP contribution is -2.30. The fourth-order valence-electron chi connectivity index (χ4n) is 3.38. The molecule has 0 radical (unpaired) electrons. The smallest absolute Gasteiger partial charge is 0.324 e. The third kappa shape index (κ3) is 4.56. The molecular weight excluding hydrogens is 413 g/mol. The molecule has 9 heteroatoms. The zero-order valence-corrected chi connectivity index (χ0v) is 17.2. The van der Waals surface area contributed by atoms with E-state index in [1.165, 1.54) is 18.2 Å². The number of carbonyl (C=O) groups excluding carboxylic acids is 3. The third-order valence-corrected chi connectivity index (χ3v) is 5.00. The van der Waals surface area contributed by atoms with Crippen LogP contribution in [0.5, 0.6) is 0 Å². The summed E-state index contributed by atoms with van der Waals surface area (Å²) in [5.74, 6) is -0.928. The summed E-state index contributed by atoms with van der Waals surface area (Å²) < 4.78 is 14.9. The summed E-state index contributed by atoms with van der Waals surface area (Å²) in [5, 5.41) is 9.46. The number of hydrogen-bond donors (Lipinski definition) is 2. The molecule has 2 heterocycles. The zero-order valence-electron chi connectivity index (χ0n) is 17.2. The monoisotopic (exact) mass is 433 g/mol. The van der Waals surface area contributed by atoms with Gasteiger partial charge < -0.3 is 10.6 Å². The van der Waals surface area contributed by atoms with Gasteiger partial charge in [-0.2, -0.15) is 5.10 Å². The molecular formula is C23H20FN5O3. The summed E-state index contributed by atoms with van der Waals surface area (Å²) in [6.07, 6.45) is 4.67. The van der Waals surface area contributed by atoms with Gasteiger partial charge in [0.15, 0.2) is 0 Å². The van der Waals surface area contributed by atoms with Gasteiger partial charge in [-0.15, -0.1) is 0 Å². The van der Waals surface area contributed by atoms with Crippen LogP contribution in [-0.4, -0.2) is 39.1 Å². The normalized spacial score (nSPS) is 13.6. The van der Waals surface area contributed by atoms with Crippen molar-refractivity contribution in [1.29, 1.82) is 0 Å². The summed E-state index contributed by atoms with van der Waals surface area (Å²) in [6, 6.07) is 12.5. The van der Waals surface area contributed by atoms with Gasteiger partial charge in [0.2, 0.25) is 11.8 Å². The average Bonchev–Trinajstić information content (AvgIpc) is 3.31. The van der Waals surface area contributed by atoms with Crippen LogP contribution in [0.4, 0.5) is 14.9 Å². The van der Waals surface area contributed by atoms with Crippen LogP contribution in [0, 0.1) is 5.82 Å². The first-order valence-electron chi connectivity index (χ1n) is 9.85. The highest BCUT2D eigenvalue weighted by Gasteiger charge is 2.28. The molecule has 2 N–H and O–H groups in total. The molecule has 1 aliphatic heterocycles. The van der Waals surface area contributed by atoms with Gasteiger partial charge >= 0.3 is 6.03 Å². The maximum Gasteiger partial charge on any atom is 0.324 e. The van der Waals surface area contributed by atoms with Gasteiger partial charge in [-0.1, -0.05) is 12.1 Å². The topological polar surface area (TPSA) is 96.3 Å². The van der Waals surface area contributed by atoms with E-state index in [4.69, 9.17) is 0 Å². The Labute approximate surface area is 183 Å². The average molecular weight is 433 g/mol. The van der Waals surface area contributed by atoms with Crippen LogP contribution >= 0.6 is 0 Å². The number of anilines is 1. The predicted octanol–water partition coefficient (Wildman–Crippen LogP) is 2.93. The van der Waals surface area contributed by atoms with E-state index in [0.29, 0.717) is 5.69 Å². The first-order chi connectivity index (χ1) is 15.4. The minimum atomic E-state index is -0.409. The van der Waals surface area contributed by atoms with Crippen molar-refractivity contribution in [2.75, 3.05) is 11.9 Å². The van der Waals surface area contributed by atoms with E-state index in [1.54, 1.807) is 60.4 Å². The summed E-state index contributed by atoms with van der Waals surface area (Å²) in [6.45, 7) is 0.186. The van der Waals surface area contributed by atoms with E-state index in [2.05, 4.69) is 15.7 Å². The molecule has 4 rings (SSSR count). The second-order valence-electron chi connectivity index (χ2n) is 7.24. The molecule has 0 saturated carbocycles. The van der Waals surface area contributed by atoms with Crippen LogP contribution < -0.4 is 10.6 Å². The SMILES string of the molecule is Cn1ncc(/C=C/C(=O)Nc2ccc(CN3C(=O)CNC3=O)cc2)c1-c1ccc(F)cc1. The number of amides is 4. The van der Waals surface area contributed by atoms with E-state index in [1.807, 2.05) is 0 Å². The lowest BCUT2D eigenvalue weighted by Gasteiger charge is -2.12. The van der Waals surface area contributed by atoms with Crippen LogP contribution in [0.3, 0.4) is 0 Å². The number of aryl methyl sites for hydroxylation is 1. The molecule has 0 unspecified atom stereocenters. The number of carbonyl (C=O) groups is 3. The van der Waals surface area contributed by atoms with Gasteiger partial charge in [-0.25, -0.2) is 9.18 Å². The Balaban J connectivity index is 1.40. The van der Waals surface area contributed by atoms with Gasteiger partial charge in [-0.3, -0.25) is 19.2 Å². The van der Waals surface area contributed by atoms with E-state index >= 15 is 0 Å². The maximum absolute atomic E-state index is 13.2. The second kappa shape index (κ2) is 8.84. The Morgan fingerprint density at radius 2 is 1.88 bits per heavy atom. The molecule has 0 aliphatic carbocycles. The van der Waals surface area contributed by atoms with Gasteiger partial charge in [0.05, 0.1) is 25.0 Å². The molecule has 0 bridgehead atoms. The molecule has 0 atom stereocenters. The van der Waals surface area contributed by atoms with Crippen LogP contribution in [-0.2, 0) is 23.2 Å². The zero-order chi connectivity index (χ0) is 22.7. The second-order valence-corrected chi connectivity index (χ2v) is 7.24. The lowest BCUT2D eigenvalue weighted by molar-refractivity contribution is -0.125. The van der Waals surface area contributed by atoms with Gasteiger partial charge in [0.1, 0.15) is 5.82 Å². The van der Waals surface area contributed by atoms with Crippen LogP contribution in [0.15, 0.2) is 60.8 Å². The van der Waals surface area contributed by atoms with Crippen molar-refractivity contribution < 1.29 is 18.8 Å². The molecule has 1 aromatic heterocycles. The number of halogens is 1. The number of nitrogens with one attached hydrogen (secondary N) is 2. The highest BCUT2D eigenvalue weighted by molar-refractivity contribution is 6.03. The largest absolute Gasteiger partial charge is 0.329 e. The fourth-order valence-corrected chi connectivity index (χ4v) is 3.38. The number of imide groups is 1. The van der Waals surface area contributed by atoms with Crippen molar-refractivity contribution in [2.24, 2.45) is 7.05 Å². The Morgan fingerprint density at radius 3 is 2.53 bits per heavy atom. The number of rotatable bonds is 6. The molecule has 32 heavy (non-hydrogen) atoms. The van der Waals surface area contributed by atoms with Crippen molar-refractivity contribution in [3.63, 3.8) is 0 Å². The Morgan fingerprint density at radius 1 is 1.16 bits per heavy atom. The number of benzene rings is 2. The fraction of sp³-hybridized carbons (Fsp3) is 0.130. The first kappa shape index (κ1) is 21.0. The van der Waals surface area contributed by atoms with Crippen molar-refractivity contribution in [1.82, 2.24) is 20.0 Å². The van der Waals surface area contributed by atoms with Gasteiger partial charge in [-0.05, 0) is 48.0 Å². The molecule has 162 valence electrons. The van der Waals surface area contributed by atoms with Crippen molar-refractivity contribution in [3.8, 4) is 11.3 Å². The number of hydrogen-bond acceptors (Lipinski definition) is 4. The minimum Gasteiger partial charge on any atom is -0.329 e. The van der Waals surface area contributed by atoms with Crippen LogP contribution in [0.25, 0.3) is 17.3 Å². The quantitative estimate of drug-likeness (QED) is 0.462. The number of urea groups is 1. The summed E-state index contributed by atoms with van der Waals surface area (Å²) in [5.41, 5.74) is 3.61. The van der Waals surface area contributed by atoms with Gasteiger partial charge in [0, 0.05) is 29.9 Å². The van der Waals surface area contributed by atoms with E-state index < -0.39 is 6.03 Å². The van der Waals surface area contributed by atoms with E-state index in [-0.39, 0.29) is 30.7 Å². The summed E-state index contributed by atoms with van der Waals surface area (Å²) in [4.78, 5) is 36.8. The number of nitrogens with zero attached hydrogens (tertiary/aromatic N) is 3. The molecule has 0 spiro atoms. The van der Waals surface area contributed by atoms with E-state index in [0.717, 1.165) is 27.3 Å². The highest BCUT2D eigenvalue weighted by atomic mass is 19.1. The minimum absolute atomic E-state index is 0.0130. The third-order valence-electron chi connectivity index (χ3n) is 5.00. The van der Waals surface area contributed by atoms with Crippen molar-refractivity contribution >= 4 is 29.6 Å². The Kier molecular flexibility index (Phi) is 5.80. The Bertz CT molecular complexity index is 1180. The molecule has 1 fully saturated rings.